The van der Waals surface area contributed by atoms with Gasteiger partial charge in [0.15, 0.2) is 0 Å². The summed E-state index contributed by atoms with van der Waals surface area (Å²) in [7, 11) is 0. The Labute approximate surface area is 180 Å². The Morgan fingerprint density at radius 1 is 1.39 bits per heavy atom. The summed E-state index contributed by atoms with van der Waals surface area (Å²) < 4.78 is 15.8. The molecule has 1 aromatic carbocycles. The van der Waals surface area contributed by atoms with Crippen molar-refractivity contribution in [3.8, 4) is 0 Å². The molecule has 0 unspecified atom stereocenters. The zero-order valence-electron chi connectivity index (χ0n) is 17.6. The first-order valence-corrected chi connectivity index (χ1v) is 10.5. The molecule has 0 amide bonds. The monoisotopic (exact) mass is 426 g/mol. The highest BCUT2D eigenvalue weighted by Crippen LogP contribution is 2.39. The van der Waals surface area contributed by atoms with Crippen LogP contribution in [0.25, 0.3) is 6.20 Å². The average molecular weight is 426 g/mol. The summed E-state index contributed by atoms with van der Waals surface area (Å²) in [4.78, 5) is 20.0. The van der Waals surface area contributed by atoms with Crippen molar-refractivity contribution in [2.45, 2.75) is 45.3 Å². The van der Waals surface area contributed by atoms with Crippen molar-refractivity contribution in [1.82, 2.24) is 14.7 Å². The number of carboxylic acids is 1. The third kappa shape index (κ3) is 4.25. The van der Waals surface area contributed by atoms with Crippen LogP contribution in [-0.4, -0.2) is 50.7 Å². The highest BCUT2D eigenvalue weighted by atomic mass is 19.1. The number of piperidine rings is 1. The zero-order chi connectivity index (χ0) is 22.0. The van der Waals surface area contributed by atoms with Crippen molar-refractivity contribution in [3.63, 3.8) is 0 Å². The van der Waals surface area contributed by atoms with Gasteiger partial charge in [-0.1, -0.05) is 29.9 Å². The maximum Gasteiger partial charge on any atom is 0.309 e. The van der Waals surface area contributed by atoms with E-state index in [1.807, 2.05) is 13.1 Å². The highest BCUT2D eigenvalue weighted by molar-refractivity contribution is 6.01. The quantitative estimate of drug-likeness (QED) is 0.731. The molecule has 2 aliphatic rings. The summed E-state index contributed by atoms with van der Waals surface area (Å²) in [5.41, 5.74) is 2.25. The molecular weight excluding hydrogens is 399 g/mol. The van der Waals surface area contributed by atoms with Gasteiger partial charge in [0.1, 0.15) is 11.9 Å². The smallest absolute Gasteiger partial charge is 0.309 e. The molecule has 4 rings (SSSR count). The third-order valence-corrected chi connectivity index (χ3v) is 6.52. The largest absolute Gasteiger partial charge is 0.481 e. The van der Waals surface area contributed by atoms with Gasteiger partial charge in [-0.25, -0.2) is 9.07 Å². The van der Waals surface area contributed by atoms with Gasteiger partial charge in [-0.15, -0.1) is 0 Å². The number of aliphatic carboxylic acids is 1. The fraction of sp³-hybridized carbons (Fsp3) is 0.435. The standard InChI is InChI=1S/C23H27FN4O3/c1-3-28-16(2)17(14-25-28)15-27-10-8-23(9-11-27,22(29)30)13-18-12-21(26-31-18)19-6-4-5-7-20(19)24/h3-7,14,18H,1,8-13,15H2,2H3,(H,29,30)/t18-/m1/s1. The molecule has 0 aliphatic carbocycles. The van der Waals surface area contributed by atoms with Crippen LogP contribution in [0.2, 0.25) is 0 Å². The van der Waals surface area contributed by atoms with E-state index in [-0.39, 0.29) is 11.9 Å². The lowest BCUT2D eigenvalue weighted by Crippen LogP contribution is -2.45. The number of rotatable bonds is 7. The molecule has 31 heavy (non-hydrogen) atoms. The van der Waals surface area contributed by atoms with Gasteiger partial charge < -0.3 is 9.94 Å². The number of oxime groups is 1. The van der Waals surface area contributed by atoms with E-state index >= 15 is 0 Å². The Morgan fingerprint density at radius 2 is 2.13 bits per heavy atom. The van der Waals surface area contributed by atoms with Crippen LogP contribution in [0.4, 0.5) is 4.39 Å². The van der Waals surface area contributed by atoms with E-state index in [1.165, 1.54) is 6.07 Å². The van der Waals surface area contributed by atoms with E-state index in [2.05, 4.69) is 21.7 Å². The normalized spacial score (nSPS) is 20.8. The molecule has 0 bridgehead atoms. The number of halogens is 1. The number of likely N-dealkylation sites (tertiary alicyclic amines) is 1. The van der Waals surface area contributed by atoms with E-state index in [0.29, 0.717) is 50.0 Å². The zero-order valence-corrected chi connectivity index (χ0v) is 17.6. The molecule has 1 N–H and O–H groups in total. The SMILES string of the molecule is C=Cn1ncc(CN2CCC(C[C@H]3CC(c4ccccc4F)=NO3)(C(=O)O)CC2)c1C. The van der Waals surface area contributed by atoms with Crippen LogP contribution in [0.1, 0.15) is 42.5 Å². The summed E-state index contributed by atoms with van der Waals surface area (Å²) >= 11 is 0. The molecule has 0 spiro atoms. The van der Waals surface area contributed by atoms with Gasteiger partial charge in [0.05, 0.1) is 17.3 Å². The summed E-state index contributed by atoms with van der Waals surface area (Å²) in [5, 5.41) is 18.4. The van der Waals surface area contributed by atoms with Crippen LogP contribution < -0.4 is 0 Å². The second-order valence-corrected chi connectivity index (χ2v) is 8.40. The van der Waals surface area contributed by atoms with Crippen molar-refractivity contribution >= 4 is 17.9 Å². The van der Waals surface area contributed by atoms with Crippen LogP contribution in [0.5, 0.6) is 0 Å². The van der Waals surface area contributed by atoms with Crippen LogP contribution >= 0.6 is 0 Å². The maximum absolute atomic E-state index is 14.1. The first-order chi connectivity index (χ1) is 14.9. The molecule has 7 nitrogen and oxygen atoms in total. The third-order valence-electron chi connectivity index (χ3n) is 6.52. The number of hydrogen-bond acceptors (Lipinski definition) is 5. The summed E-state index contributed by atoms with van der Waals surface area (Å²) in [6.45, 7) is 7.84. The minimum absolute atomic E-state index is 0.346. The molecule has 0 saturated carbocycles. The molecule has 2 aliphatic heterocycles. The number of hydrogen-bond donors (Lipinski definition) is 1. The van der Waals surface area contributed by atoms with Crippen molar-refractivity contribution in [2.24, 2.45) is 10.6 Å². The predicted molar refractivity (Wildman–Crippen MR) is 115 cm³/mol. The summed E-state index contributed by atoms with van der Waals surface area (Å²) in [6.07, 6.45) is 5.00. The average Bonchev–Trinajstić information content (AvgIpc) is 3.36. The van der Waals surface area contributed by atoms with Crippen LogP contribution in [0.15, 0.2) is 42.2 Å². The van der Waals surface area contributed by atoms with Crippen LogP contribution in [0.3, 0.4) is 0 Å². The topological polar surface area (TPSA) is 80.0 Å². The van der Waals surface area contributed by atoms with Gasteiger partial charge in [0, 0.05) is 42.4 Å². The maximum atomic E-state index is 14.1. The molecular formula is C23H27FN4O3. The number of carbonyl (C=O) groups is 1. The molecule has 3 heterocycles. The van der Waals surface area contributed by atoms with Crippen molar-refractivity contribution < 1.29 is 19.1 Å². The summed E-state index contributed by atoms with van der Waals surface area (Å²) in [5.74, 6) is -1.15. The Kier molecular flexibility index (Phi) is 5.91. The number of nitrogens with zero attached hydrogens (tertiary/aromatic N) is 4. The van der Waals surface area contributed by atoms with E-state index in [9.17, 15) is 14.3 Å². The lowest BCUT2D eigenvalue weighted by molar-refractivity contribution is -0.155. The Bertz CT molecular complexity index is 1010. The molecule has 2 aromatic rings. The van der Waals surface area contributed by atoms with Crippen LogP contribution in [-0.2, 0) is 16.2 Å². The van der Waals surface area contributed by atoms with Gasteiger partial charge in [-0.2, -0.15) is 5.10 Å². The fourth-order valence-corrected chi connectivity index (χ4v) is 4.51. The lowest BCUT2D eigenvalue weighted by atomic mass is 9.73. The van der Waals surface area contributed by atoms with Gasteiger partial charge in [0.2, 0.25) is 0 Å². The lowest BCUT2D eigenvalue weighted by Gasteiger charge is -2.39. The molecule has 1 fully saturated rings. The van der Waals surface area contributed by atoms with Crippen molar-refractivity contribution in [3.05, 3.63) is 59.7 Å². The highest BCUT2D eigenvalue weighted by Gasteiger charge is 2.45. The van der Waals surface area contributed by atoms with Gasteiger partial charge in [-0.3, -0.25) is 9.69 Å². The van der Waals surface area contributed by atoms with Gasteiger partial charge in [0.25, 0.3) is 0 Å². The molecule has 164 valence electrons. The Morgan fingerprint density at radius 3 is 2.77 bits per heavy atom. The van der Waals surface area contributed by atoms with Gasteiger partial charge >= 0.3 is 5.97 Å². The molecule has 0 radical (unpaired) electrons. The molecule has 1 saturated heterocycles. The molecule has 1 atom stereocenters. The molecule has 1 aromatic heterocycles. The number of benzene rings is 1. The van der Waals surface area contributed by atoms with Crippen LogP contribution in [0, 0.1) is 18.2 Å². The first-order valence-electron chi connectivity index (χ1n) is 10.5. The first kappa shape index (κ1) is 21.2. The van der Waals surface area contributed by atoms with Crippen molar-refractivity contribution in [2.75, 3.05) is 13.1 Å². The second-order valence-electron chi connectivity index (χ2n) is 8.40. The fourth-order valence-electron chi connectivity index (χ4n) is 4.51. The van der Waals surface area contributed by atoms with Gasteiger partial charge in [-0.05, 0) is 38.9 Å². The Hall–Kier alpha value is -3.00. The summed E-state index contributed by atoms with van der Waals surface area (Å²) in [6, 6.07) is 6.44. The van der Waals surface area contributed by atoms with E-state index < -0.39 is 11.4 Å². The Balaban J connectivity index is 1.37. The predicted octanol–water partition coefficient (Wildman–Crippen LogP) is 3.68. The van der Waals surface area contributed by atoms with E-state index in [1.54, 1.807) is 29.1 Å². The molecule has 8 heteroatoms. The van der Waals surface area contributed by atoms with E-state index in [0.717, 1.165) is 17.8 Å². The van der Waals surface area contributed by atoms with Crippen molar-refractivity contribution in [1.29, 1.82) is 0 Å². The van der Waals surface area contributed by atoms with E-state index in [4.69, 9.17) is 4.84 Å². The second kappa shape index (κ2) is 8.63. The number of aromatic nitrogens is 2. The number of carboxylic acid groups (broad SMARTS) is 1. The minimum atomic E-state index is -0.859. The minimum Gasteiger partial charge on any atom is -0.481 e.